The Labute approximate surface area is 129 Å². The summed E-state index contributed by atoms with van der Waals surface area (Å²) in [6.07, 6.45) is 6.95. The number of carbonyl (C=O) groups excluding carboxylic acids is 1. The fraction of sp³-hybridized carbons (Fsp3) is 0.824. The van der Waals surface area contributed by atoms with Crippen molar-refractivity contribution < 1.29 is 9.53 Å². The lowest BCUT2D eigenvalue weighted by atomic mass is 9.54. The highest BCUT2D eigenvalue weighted by Crippen LogP contribution is 2.50. The molecule has 0 saturated heterocycles. The molecule has 0 heterocycles. The van der Waals surface area contributed by atoms with Gasteiger partial charge in [0.15, 0.2) is 0 Å². The second-order valence-electron chi connectivity index (χ2n) is 6.71. The second kappa shape index (κ2) is 7.41. The summed E-state index contributed by atoms with van der Waals surface area (Å²) in [5.41, 5.74) is 5.32. The molecule has 0 spiro atoms. The molecule has 4 nitrogen and oxygen atoms in total. The molecule has 2 unspecified atom stereocenters. The number of nitrogens with two attached hydrogens (primary N) is 1. The third kappa shape index (κ3) is 3.67. The van der Waals surface area contributed by atoms with Crippen LogP contribution in [-0.2, 0) is 9.53 Å². The molecular weight excluding hydrogens is 264 g/mol. The summed E-state index contributed by atoms with van der Waals surface area (Å²) in [5.74, 6) is 0.0483. The predicted molar refractivity (Wildman–Crippen MR) is 87.0 cm³/mol. The molecule has 4 heteroatoms. The van der Waals surface area contributed by atoms with Crippen LogP contribution < -0.4 is 5.73 Å². The molecule has 0 radical (unpaired) electrons. The minimum Gasteiger partial charge on any atom is -0.378 e. The zero-order valence-electron chi connectivity index (χ0n) is 14.2. The van der Waals surface area contributed by atoms with E-state index in [1.807, 2.05) is 33.9 Å². The van der Waals surface area contributed by atoms with Crippen LogP contribution in [-0.4, -0.2) is 42.6 Å². The number of allylic oxidation sites excluding steroid dienone is 1. The van der Waals surface area contributed by atoms with E-state index in [2.05, 4.69) is 6.58 Å². The first-order valence-corrected chi connectivity index (χ1v) is 8.08. The van der Waals surface area contributed by atoms with Crippen molar-refractivity contribution in [1.82, 2.24) is 4.90 Å². The first-order chi connectivity index (χ1) is 9.81. The predicted octanol–water partition coefficient (Wildman–Crippen LogP) is 2.72. The summed E-state index contributed by atoms with van der Waals surface area (Å²) < 4.78 is 5.68. The minimum atomic E-state index is -0.789. The highest BCUT2D eigenvalue weighted by atomic mass is 16.5. The van der Waals surface area contributed by atoms with Gasteiger partial charge in [-0.1, -0.05) is 26.3 Å². The third-order valence-electron chi connectivity index (χ3n) is 4.96. The smallest absolute Gasteiger partial charge is 0.243 e. The molecule has 1 fully saturated rings. The van der Waals surface area contributed by atoms with Crippen LogP contribution in [0.3, 0.4) is 0 Å². The van der Waals surface area contributed by atoms with E-state index in [0.717, 1.165) is 32.2 Å². The highest BCUT2D eigenvalue weighted by molar-refractivity contribution is 5.88. The molecule has 0 aromatic carbocycles. The molecule has 0 aromatic heterocycles. The van der Waals surface area contributed by atoms with Crippen LogP contribution in [0.2, 0.25) is 0 Å². The number of rotatable bonds is 9. The number of nitrogens with zero attached hydrogens (tertiary/aromatic N) is 1. The molecule has 0 aromatic rings. The van der Waals surface area contributed by atoms with Gasteiger partial charge in [-0.25, -0.2) is 0 Å². The summed E-state index contributed by atoms with van der Waals surface area (Å²) in [4.78, 5) is 14.5. The van der Waals surface area contributed by atoms with Crippen molar-refractivity contribution >= 4 is 5.91 Å². The Bertz CT molecular complexity index is 368. The van der Waals surface area contributed by atoms with E-state index in [1.165, 1.54) is 0 Å². The SMILES string of the molecule is C=CCCCCCN(C)C(=O)C1(N)CC(OCC)C1(C)C. The van der Waals surface area contributed by atoms with Crippen molar-refractivity contribution in [2.45, 2.75) is 64.5 Å². The van der Waals surface area contributed by atoms with Gasteiger partial charge >= 0.3 is 0 Å². The van der Waals surface area contributed by atoms with Crippen LogP contribution in [0.5, 0.6) is 0 Å². The van der Waals surface area contributed by atoms with E-state index in [4.69, 9.17) is 10.5 Å². The van der Waals surface area contributed by atoms with Gasteiger partial charge in [0.2, 0.25) is 5.91 Å². The Morgan fingerprint density at radius 3 is 2.62 bits per heavy atom. The lowest BCUT2D eigenvalue weighted by Gasteiger charge is -2.58. The maximum absolute atomic E-state index is 12.7. The van der Waals surface area contributed by atoms with Crippen LogP contribution >= 0.6 is 0 Å². The van der Waals surface area contributed by atoms with E-state index in [9.17, 15) is 4.79 Å². The number of amides is 1. The van der Waals surface area contributed by atoms with E-state index in [-0.39, 0.29) is 17.4 Å². The van der Waals surface area contributed by atoms with Crippen LogP contribution in [0, 0.1) is 5.41 Å². The molecule has 1 saturated carbocycles. The largest absolute Gasteiger partial charge is 0.378 e. The molecule has 122 valence electrons. The van der Waals surface area contributed by atoms with Crippen molar-refractivity contribution in [3.63, 3.8) is 0 Å². The number of hydrogen-bond acceptors (Lipinski definition) is 3. The highest BCUT2D eigenvalue weighted by Gasteiger charge is 2.63. The number of unbranched alkanes of at least 4 members (excludes halogenated alkanes) is 3. The zero-order valence-corrected chi connectivity index (χ0v) is 14.2. The van der Waals surface area contributed by atoms with Gasteiger partial charge in [-0.3, -0.25) is 4.79 Å². The molecule has 1 rings (SSSR count). The lowest BCUT2D eigenvalue weighted by Crippen LogP contribution is -2.75. The molecule has 1 aliphatic carbocycles. The standard InChI is InChI=1S/C17H32N2O2/c1-6-8-9-10-11-12-19(5)15(20)17(18)13-14(21-7-2)16(17,3)4/h6,14H,1,7-13,18H2,2-5H3. The third-order valence-corrected chi connectivity index (χ3v) is 4.96. The summed E-state index contributed by atoms with van der Waals surface area (Å²) >= 11 is 0. The van der Waals surface area contributed by atoms with Gasteiger partial charge in [0, 0.05) is 32.0 Å². The number of carbonyl (C=O) groups is 1. The minimum absolute atomic E-state index is 0.0483. The van der Waals surface area contributed by atoms with Crippen molar-refractivity contribution in [3.05, 3.63) is 12.7 Å². The van der Waals surface area contributed by atoms with Crippen LogP contribution in [0.1, 0.15) is 52.9 Å². The van der Waals surface area contributed by atoms with Crippen molar-refractivity contribution in [2.75, 3.05) is 20.2 Å². The first kappa shape index (κ1) is 18.2. The van der Waals surface area contributed by atoms with E-state index < -0.39 is 5.54 Å². The molecule has 0 aliphatic heterocycles. The van der Waals surface area contributed by atoms with Crippen LogP contribution in [0.4, 0.5) is 0 Å². The van der Waals surface area contributed by atoms with E-state index in [1.54, 1.807) is 4.90 Å². The monoisotopic (exact) mass is 296 g/mol. The summed E-state index contributed by atoms with van der Waals surface area (Å²) in [6, 6.07) is 0. The second-order valence-corrected chi connectivity index (χ2v) is 6.71. The van der Waals surface area contributed by atoms with E-state index >= 15 is 0 Å². The maximum atomic E-state index is 12.7. The Balaban J connectivity index is 2.48. The Morgan fingerprint density at radius 1 is 1.43 bits per heavy atom. The summed E-state index contributed by atoms with van der Waals surface area (Å²) in [7, 11) is 1.86. The van der Waals surface area contributed by atoms with Crippen molar-refractivity contribution in [3.8, 4) is 0 Å². The topological polar surface area (TPSA) is 55.6 Å². The Morgan fingerprint density at radius 2 is 2.10 bits per heavy atom. The zero-order chi connectivity index (χ0) is 16.1. The summed E-state index contributed by atoms with van der Waals surface area (Å²) in [5, 5.41) is 0. The average molecular weight is 296 g/mol. The molecule has 2 N–H and O–H groups in total. The Kier molecular flexibility index (Phi) is 6.41. The molecule has 1 aliphatic rings. The number of likely N-dealkylation sites (N-methyl/N-ethyl adjacent to an activating group) is 1. The van der Waals surface area contributed by atoms with Crippen LogP contribution in [0.15, 0.2) is 12.7 Å². The number of hydrogen-bond donors (Lipinski definition) is 1. The van der Waals surface area contributed by atoms with E-state index in [0.29, 0.717) is 13.0 Å². The van der Waals surface area contributed by atoms with Crippen molar-refractivity contribution in [1.29, 1.82) is 0 Å². The Hall–Kier alpha value is -0.870. The van der Waals surface area contributed by atoms with Gasteiger partial charge < -0.3 is 15.4 Å². The van der Waals surface area contributed by atoms with Crippen molar-refractivity contribution in [2.24, 2.45) is 11.1 Å². The molecule has 0 bridgehead atoms. The normalized spacial score (nSPS) is 27.0. The average Bonchev–Trinajstić information content (AvgIpc) is 2.45. The van der Waals surface area contributed by atoms with Gasteiger partial charge in [0.25, 0.3) is 0 Å². The van der Waals surface area contributed by atoms with Crippen LogP contribution in [0.25, 0.3) is 0 Å². The summed E-state index contributed by atoms with van der Waals surface area (Å²) in [6.45, 7) is 11.2. The fourth-order valence-corrected chi connectivity index (χ4v) is 3.05. The molecule has 21 heavy (non-hydrogen) atoms. The molecule has 2 atom stereocenters. The number of ether oxygens (including phenoxy) is 1. The first-order valence-electron chi connectivity index (χ1n) is 8.08. The van der Waals surface area contributed by atoms with Gasteiger partial charge in [-0.15, -0.1) is 6.58 Å². The lowest BCUT2D eigenvalue weighted by molar-refractivity contribution is -0.178. The molecular formula is C17H32N2O2. The van der Waals surface area contributed by atoms with Gasteiger partial charge in [0.05, 0.1) is 6.10 Å². The quantitative estimate of drug-likeness (QED) is 0.526. The maximum Gasteiger partial charge on any atom is 0.243 e. The van der Waals surface area contributed by atoms with Gasteiger partial charge in [-0.2, -0.15) is 0 Å². The van der Waals surface area contributed by atoms with Gasteiger partial charge in [0.1, 0.15) is 5.54 Å². The fourth-order valence-electron chi connectivity index (χ4n) is 3.05. The van der Waals surface area contributed by atoms with Gasteiger partial charge in [-0.05, 0) is 26.2 Å². The molecule has 1 amide bonds.